The first-order valence-corrected chi connectivity index (χ1v) is 11.1. The molecule has 158 valence electrons. The lowest BCUT2D eigenvalue weighted by Gasteiger charge is -2.21. The first kappa shape index (κ1) is 20.9. The highest BCUT2D eigenvalue weighted by Crippen LogP contribution is 2.38. The molecule has 1 atom stereocenters. The minimum absolute atomic E-state index is 0.168. The van der Waals surface area contributed by atoms with Crippen LogP contribution in [-0.4, -0.2) is 10.9 Å². The molecule has 5 nitrogen and oxygen atoms in total. The van der Waals surface area contributed by atoms with Gasteiger partial charge in [-0.15, -0.1) is 11.3 Å². The van der Waals surface area contributed by atoms with Crippen LogP contribution in [0.2, 0.25) is 0 Å². The molecule has 1 amide bonds. The van der Waals surface area contributed by atoms with Gasteiger partial charge >= 0.3 is 0 Å². The lowest BCUT2D eigenvalue weighted by atomic mass is 9.98. The predicted molar refractivity (Wildman–Crippen MR) is 126 cm³/mol. The highest BCUT2D eigenvalue weighted by atomic mass is 32.1. The van der Waals surface area contributed by atoms with Crippen LogP contribution in [0, 0.1) is 13.8 Å². The number of pyridine rings is 1. The van der Waals surface area contributed by atoms with E-state index in [2.05, 4.69) is 59.8 Å². The Labute approximate surface area is 186 Å². The van der Waals surface area contributed by atoms with E-state index in [1.165, 1.54) is 16.7 Å². The summed E-state index contributed by atoms with van der Waals surface area (Å²) in [6.45, 7) is 6.16. The molecule has 2 N–H and O–H groups in total. The Morgan fingerprint density at radius 1 is 1.10 bits per heavy atom. The van der Waals surface area contributed by atoms with Crippen molar-refractivity contribution in [2.45, 2.75) is 33.2 Å². The highest BCUT2D eigenvalue weighted by molar-refractivity contribution is 7.16. The monoisotopic (exact) mass is 431 g/mol. The minimum atomic E-state index is -0.257. The molecule has 3 aromatic heterocycles. The number of anilines is 2. The van der Waals surface area contributed by atoms with E-state index in [4.69, 9.17) is 4.42 Å². The van der Waals surface area contributed by atoms with Crippen molar-refractivity contribution in [1.29, 1.82) is 0 Å². The highest BCUT2D eigenvalue weighted by Gasteiger charge is 2.23. The van der Waals surface area contributed by atoms with Crippen LogP contribution in [0.25, 0.3) is 0 Å². The fourth-order valence-corrected chi connectivity index (χ4v) is 4.42. The summed E-state index contributed by atoms with van der Waals surface area (Å²) < 4.78 is 5.27. The molecule has 31 heavy (non-hydrogen) atoms. The molecular formula is C25H25N3O2S. The Morgan fingerprint density at radius 3 is 2.58 bits per heavy atom. The summed E-state index contributed by atoms with van der Waals surface area (Å²) in [7, 11) is 0. The number of hydrogen-bond acceptors (Lipinski definition) is 5. The van der Waals surface area contributed by atoms with E-state index in [1.807, 2.05) is 25.1 Å². The predicted octanol–water partition coefficient (Wildman–Crippen LogP) is 6.37. The SMILES string of the molecule is CCc1cc(C(Nc2cccc(C)n2)c2ccc(C)cc2)c(NC(=O)c2ccco2)s1. The summed E-state index contributed by atoms with van der Waals surface area (Å²) in [5.41, 5.74) is 4.25. The largest absolute Gasteiger partial charge is 0.459 e. The second-order valence-corrected chi connectivity index (χ2v) is 8.57. The van der Waals surface area contributed by atoms with Crippen LogP contribution in [0.4, 0.5) is 10.8 Å². The number of aryl methyl sites for hydroxylation is 3. The molecule has 0 bridgehead atoms. The van der Waals surface area contributed by atoms with Gasteiger partial charge in [-0.25, -0.2) is 4.98 Å². The molecule has 1 aromatic carbocycles. The van der Waals surface area contributed by atoms with Crippen LogP contribution in [0.15, 0.2) is 71.3 Å². The van der Waals surface area contributed by atoms with E-state index in [-0.39, 0.29) is 17.7 Å². The van der Waals surface area contributed by atoms with Gasteiger partial charge in [-0.2, -0.15) is 0 Å². The Bertz CT molecular complexity index is 1160. The zero-order valence-corrected chi connectivity index (χ0v) is 18.6. The molecule has 0 fully saturated rings. The summed E-state index contributed by atoms with van der Waals surface area (Å²) in [6, 6.07) is 19.7. The molecule has 1 unspecified atom stereocenters. The summed E-state index contributed by atoms with van der Waals surface area (Å²) >= 11 is 1.59. The summed E-state index contributed by atoms with van der Waals surface area (Å²) in [5.74, 6) is 0.822. The van der Waals surface area contributed by atoms with Gasteiger partial charge in [-0.1, -0.05) is 42.8 Å². The summed E-state index contributed by atoms with van der Waals surface area (Å²) in [5, 5.41) is 7.44. The number of rotatable bonds is 7. The van der Waals surface area contributed by atoms with Crippen LogP contribution in [0.3, 0.4) is 0 Å². The second-order valence-electron chi connectivity index (χ2n) is 7.43. The van der Waals surface area contributed by atoms with E-state index in [9.17, 15) is 4.79 Å². The molecule has 0 saturated heterocycles. The van der Waals surface area contributed by atoms with Gasteiger partial charge in [-0.05, 0) is 56.2 Å². The number of carbonyl (C=O) groups is 1. The van der Waals surface area contributed by atoms with Crippen molar-refractivity contribution in [2.75, 3.05) is 10.6 Å². The maximum Gasteiger partial charge on any atom is 0.291 e. The number of furan rings is 1. The van der Waals surface area contributed by atoms with Crippen molar-refractivity contribution in [3.8, 4) is 0 Å². The normalized spacial score (nSPS) is 11.8. The van der Waals surface area contributed by atoms with Crippen molar-refractivity contribution in [3.63, 3.8) is 0 Å². The zero-order valence-electron chi connectivity index (χ0n) is 17.8. The molecule has 0 aliphatic heterocycles. The van der Waals surface area contributed by atoms with E-state index < -0.39 is 0 Å². The van der Waals surface area contributed by atoms with Crippen LogP contribution < -0.4 is 10.6 Å². The first-order chi connectivity index (χ1) is 15.0. The van der Waals surface area contributed by atoms with E-state index in [0.29, 0.717) is 0 Å². The maximum atomic E-state index is 12.7. The smallest absolute Gasteiger partial charge is 0.291 e. The summed E-state index contributed by atoms with van der Waals surface area (Å²) in [4.78, 5) is 18.5. The van der Waals surface area contributed by atoms with Crippen molar-refractivity contribution in [3.05, 3.63) is 99.9 Å². The molecule has 0 radical (unpaired) electrons. The number of nitrogens with one attached hydrogen (secondary N) is 2. The van der Waals surface area contributed by atoms with Crippen LogP contribution in [0.1, 0.15) is 50.8 Å². The number of thiophene rings is 1. The van der Waals surface area contributed by atoms with Gasteiger partial charge in [0, 0.05) is 16.1 Å². The average Bonchev–Trinajstić information content (AvgIpc) is 3.43. The van der Waals surface area contributed by atoms with Crippen molar-refractivity contribution in [1.82, 2.24) is 4.98 Å². The van der Waals surface area contributed by atoms with Crippen molar-refractivity contribution < 1.29 is 9.21 Å². The molecule has 6 heteroatoms. The number of hydrogen-bond donors (Lipinski definition) is 2. The minimum Gasteiger partial charge on any atom is -0.459 e. The molecule has 0 aliphatic rings. The average molecular weight is 432 g/mol. The maximum absolute atomic E-state index is 12.7. The van der Waals surface area contributed by atoms with Crippen molar-refractivity contribution >= 4 is 28.1 Å². The second kappa shape index (κ2) is 9.18. The van der Waals surface area contributed by atoms with Crippen molar-refractivity contribution in [2.24, 2.45) is 0 Å². The molecule has 4 rings (SSSR count). The van der Waals surface area contributed by atoms with Gasteiger partial charge in [0.05, 0.1) is 12.3 Å². The van der Waals surface area contributed by atoms with Gasteiger partial charge in [0.1, 0.15) is 10.8 Å². The molecular weight excluding hydrogens is 406 g/mol. The van der Waals surface area contributed by atoms with Gasteiger partial charge in [0.2, 0.25) is 0 Å². The fourth-order valence-electron chi connectivity index (χ4n) is 3.39. The molecule has 3 heterocycles. The van der Waals surface area contributed by atoms with Gasteiger partial charge in [0.15, 0.2) is 5.76 Å². The topological polar surface area (TPSA) is 67.2 Å². The molecule has 4 aromatic rings. The zero-order chi connectivity index (χ0) is 21.8. The number of nitrogens with zero attached hydrogens (tertiary/aromatic N) is 1. The Kier molecular flexibility index (Phi) is 6.18. The van der Waals surface area contributed by atoms with Gasteiger partial charge in [0.25, 0.3) is 5.91 Å². The third-order valence-corrected chi connectivity index (χ3v) is 6.25. The van der Waals surface area contributed by atoms with Crippen LogP contribution in [-0.2, 0) is 6.42 Å². The molecule has 0 aliphatic carbocycles. The lowest BCUT2D eigenvalue weighted by Crippen LogP contribution is -2.17. The van der Waals surface area contributed by atoms with E-state index in [0.717, 1.165) is 34.1 Å². The Hall–Kier alpha value is -3.38. The van der Waals surface area contributed by atoms with E-state index >= 15 is 0 Å². The number of amides is 1. The van der Waals surface area contributed by atoms with E-state index in [1.54, 1.807) is 23.5 Å². The Balaban J connectivity index is 1.75. The number of carbonyl (C=O) groups excluding carboxylic acids is 1. The summed E-state index contributed by atoms with van der Waals surface area (Å²) in [6.07, 6.45) is 2.39. The third kappa shape index (κ3) is 4.86. The third-order valence-electron chi connectivity index (χ3n) is 5.03. The number of aromatic nitrogens is 1. The fraction of sp³-hybridized carbons (Fsp3) is 0.200. The molecule has 0 spiro atoms. The van der Waals surface area contributed by atoms with Crippen LogP contribution >= 0.6 is 11.3 Å². The number of benzene rings is 1. The van der Waals surface area contributed by atoms with Gasteiger partial charge in [-0.3, -0.25) is 4.79 Å². The quantitative estimate of drug-likeness (QED) is 0.357. The van der Waals surface area contributed by atoms with Gasteiger partial charge < -0.3 is 15.1 Å². The standard InChI is InChI=1S/C25H25N3O2S/c1-4-19-15-20(25(31-19)28-24(29)21-8-6-14-30-21)23(18-12-10-16(2)11-13-18)27-22-9-5-7-17(3)26-22/h5-15,23H,4H2,1-3H3,(H,26,27)(H,28,29). The van der Waals surface area contributed by atoms with Crippen LogP contribution in [0.5, 0.6) is 0 Å². The Morgan fingerprint density at radius 2 is 1.90 bits per heavy atom. The lowest BCUT2D eigenvalue weighted by molar-refractivity contribution is 0.0997. The first-order valence-electron chi connectivity index (χ1n) is 10.3. The molecule has 0 saturated carbocycles.